The molecule has 1 saturated carbocycles. The van der Waals surface area contributed by atoms with Gasteiger partial charge >= 0.3 is 0 Å². The van der Waals surface area contributed by atoms with E-state index in [0.29, 0.717) is 5.02 Å². The van der Waals surface area contributed by atoms with Crippen molar-refractivity contribution in [1.82, 2.24) is 10.2 Å². The Kier molecular flexibility index (Phi) is 10.3. The van der Waals surface area contributed by atoms with E-state index in [1.165, 1.54) is 35.2 Å². The smallest absolute Gasteiger partial charge is 0.264 e. The second kappa shape index (κ2) is 13.7. The molecule has 2 amide bonds. The summed E-state index contributed by atoms with van der Waals surface area (Å²) in [6.45, 7) is 3.19. The largest absolute Gasteiger partial charge is 0.352 e. The molecule has 0 radical (unpaired) electrons. The molecule has 218 valence electrons. The monoisotopic (exact) mass is 615 g/mol. The van der Waals surface area contributed by atoms with Crippen LogP contribution in [0.25, 0.3) is 0 Å². The topological polar surface area (TPSA) is 86.8 Å². The van der Waals surface area contributed by atoms with Crippen LogP contribution in [-0.2, 0) is 26.2 Å². The summed E-state index contributed by atoms with van der Waals surface area (Å²) in [5.74, 6) is -0.800. The molecular formula is C31H35Cl2N3O4S. The number of sulfonamides is 1. The van der Waals surface area contributed by atoms with Gasteiger partial charge < -0.3 is 10.2 Å². The van der Waals surface area contributed by atoms with Gasteiger partial charge in [-0.05, 0) is 68.1 Å². The lowest BCUT2D eigenvalue weighted by Gasteiger charge is -2.33. The van der Waals surface area contributed by atoms with Crippen LogP contribution in [0, 0.1) is 6.92 Å². The van der Waals surface area contributed by atoms with Crippen molar-refractivity contribution >= 4 is 50.7 Å². The van der Waals surface area contributed by atoms with Crippen molar-refractivity contribution < 1.29 is 18.0 Å². The van der Waals surface area contributed by atoms with Gasteiger partial charge in [-0.15, -0.1) is 0 Å². The van der Waals surface area contributed by atoms with Gasteiger partial charge in [0.15, 0.2) is 0 Å². The van der Waals surface area contributed by atoms with Crippen LogP contribution in [0.3, 0.4) is 0 Å². The van der Waals surface area contributed by atoms with Gasteiger partial charge in [0.05, 0.1) is 15.6 Å². The van der Waals surface area contributed by atoms with E-state index in [9.17, 15) is 18.0 Å². The summed E-state index contributed by atoms with van der Waals surface area (Å²) in [7, 11) is -4.21. The van der Waals surface area contributed by atoms with Crippen LogP contribution in [-0.4, -0.2) is 43.8 Å². The number of hydrogen-bond donors (Lipinski definition) is 1. The molecule has 1 aliphatic rings. The van der Waals surface area contributed by atoms with Crippen molar-refractivity contribution in [3.63, 3.8) is 0 Å². The summed E-state index contributed by atoms with van der Waals surface area (Å²) >= 11 is 12.6. The molecule has 0 aromatic heterocycles. The van der Waals surface area contributed by atoms with Crippen LogP contribution in [0.1, 0.15) is 50.2 Å². The van der Waals surface area contributed by atoms with E-state index in [0.717, 1.165) is 47.5 Å². The third-order valence-corrected chi connectivity index (χ3v) is 9.82. The number of nitrogens with zero attached hydrogens (tertiary/aromatic N) is 2. The van der Waals surface area contributed by atoms with Crippen LogP contribution < -0.4 is 9.62 Å². The Hall–Kier alpha value is -3.07. The Morgan fingerprint density at radius 2 is 1.61 bits per heavy atom. The number of carbonyl (C=O) groups is 2. The fourth-order valence-electron chi connectivity index (χ4n) is 5.04. The minimum Gasteiger partial charge on any atom is -0.352 e. The molecule has 1 atom stereocenters. The van der Waals surface area contributed by atoms with E-state index >= 15 is 0 Å². The van der Waals surface area contributed by atoms with Crippen LogP contribution in [0.15, 0.2) is 77.7 Å². The van der Waals surface area contributed by atoms with Crippen LogP contribution in [0.5, 0.6) is 0 Å². The maximum absolute atomic E-state index is 14.1. The lowest BCUT2D eigenvalue weighted by Crippen LogP contribution is -2.53. The van der Waals surface area contributed by atoms with Gasteiger partial charge in [-0.2, -0.15) is 0 Å². The van der Waals surface area contributed by atoms with E-state index in [1.54, 1.807) is 25.1 Å². The maximum Gasteiger partial charge on any atom is 0.264 e. The molecule has 4 rings (SSSR count). The zero-order chi connectivity index (χ0) is 29.6. The van der Waals surface area contributed by atoms with Crippen LogP contribution in [0.2, 0.25) is 10.0 Å². The first-order chi connectivity index (χ1) is 19.6. The fraction of sp³-hybridized carbons (Fsp3) is 0.355. The molecule has 0 unspecified atom stereocenters. The third-order valence-electron chi connectivity index (χ3n) is 7.51. The quantitative estimate of drug-likeness (QED) is 0.287. The summed E-state index contributed by atoms with van der Waals surface area (Å²) in [5, 5.41) is 3.52. The average Bonchev–Trinajstić information content (AvgIpc) is 2.96. The molecule has 1 aliphatic carbocycles. The Morgan fingerprint density at radius 3 is 2.27 bits per heavy atom. The standard InChI is InChI=1S/C31H35Cl2N3O4S/c1-22-11-9-10-12-24(22)20-35(23(2)31(38)34-26-13-5-3-6-14-26)30(37)21-36(29-18-17-25(32)19-28(29)33)41(39,40)27-15-7-4-8-16-27/h4,7-12,15-19,23,26H,3,5-6,13-14,20-21H2,1-2H3,(H,34,38)/t23-/m0/s1. The van der Waals surface area contributed by atoms with Gasteiger partial charge in [0.2, 0.25) is 11.8 Å². The Labute approximate surface area is 252 Å². The van der Waals surface area contributed by atoms with E-state index in [4.69, 9.17) is 23.2 Å². The van der Waals surface area contributed by atoms with Gasteiger partial charge in [0.25, 0.3) is 10.0 Å². The molecule has 41 heavy (non-hydrogen) atoms. The van der Waals surface area contributed by atoms with Crippen LogP contribution in [0.4, 0.5) is 5.69 Å². The highest BCUT2D eigenvalue weighted by atomic mass is 35.5. The molecule has 0 bridgehead atoms. The number of halogens is 2. The number of nitrogens with one attached hydrogen (secondary N) is 1. The zero-order valence-corrected chi connectivity index (χ0v) is 25.6. The highest BCUT2D eigenvalue weighted by Crippen LogP contribution is 2.33. The molecule has 3 aromatic rings. The zero-order valence-electron chi connectivity index (χ0n) is 23.2. The van der Waals surface area contributed by atoms with Crippen molar-refractivity contribution in [3.8, 4) is 0 Å². The summed E-state index contributed by atoms with van der Waals surface area (Å²) in [6, 6.07) is 19.1. The number of hydrogen-bond acceptors (Lipinski definition) is 4. The highest BCUT2D eigenvalue weighted by Gasteiger charge is 2.34. The summed E-state index contributed by atoms with van der Waals surface area (Å²) in [4.78, 5) is 29.0. The van der Waals surface area contributed by atoms with E-state index in [1.807, 2.05) is 31.2 Å². The van der Waals surface area contributed by atoms with Gasteiger partial charge in [0.1, 0.15) is 12.6 Å². The predicted molar refractivity (Wildman–Crippen MR) is 164 cm³/mol. The van der Waals surface area contributed by atoms with Crippen molar-refractivity contribution in [2.45, 2.75) is 69.5 Å². The number of anilines is 1. The van der Waals surface area contributed by atoms with E-state index in [-0.39, 0.29) is 34.1 Å². The van der Waals surface area contributed by atoms with E-state index < -0.39 is 28.5 Å². The van der Waals surface area contributed by atoms with E-state index in [2.05, 4.69) is 5.32 Å². The number of carbonyl (C=O) groups excluding carboxylic acids is 2. The second-order valence-electron chi connectivity index (χ2n) is 10.4. The molecule has 0 aliphatic heterocycles. The number of amides is 2. The Bertz CT molecular complexity index is 1480. The minimum atomic E-state index is -4.21. The third kappa shape index (κ3) is 7.61. The first kappa shape index (κ1) is 30.9. The van der Waals surface area contributed by atoms with Crippen molar-refractivity contribution in [2.24, 2.45) is 0 Å². The molecule has 1 fully saturated rings. The molecular weight excluding hydrogens is 581 g/mol. The average molecular weight is 617 g/mol. The molecule has 0 saturated heterocycles. The van der Waals surface area contributed by atoms with Gasteiger partial charge in [-0.1, -0.05) is 84.9 Å². The van der Waals surface area contributed by atoms with Crippen molar-refractivity contribution in [1.29, 1.82) is 0 Å². The summed E-state index contributed by atoms with van der Waals surface area (Å²) in [5.41, 5.74) is 1.93. The van der Waals surface area contributed by atoms with Crippen LogP contribution >= 0.6 is 23.2 Å². The van der Waals surface area contributed by atoms with Crippen molar-refractivity contribution in [2.75, 3.05) is 10.8 Å². The first-order valence-corrected chi connectivity index (χ1v) is 15.9. The summed E-state index contributed by atoms with van der Waals surface area (Å²) < 4.78 is 28.8. The van der Waals surface area contributed by atoms with Gasteiger partial charge in [0, 0.05) is 17.6 Å². The number of rotatable bonds is 10. The SMILES string of the molecule is Cc1ccccc1CN(C(=O)CN(c1ccc(Cl)cc1Cl)S(=O)(=O)c1ccccc1)[C@@H](C)C(=O)NC1CCCCC1. The molecule has 3 aromatic carbocycles. The number of aryl methyl sites for hydroxylation is 1. The Balaban J connectivity index is 1.70. The fourth-order valence-corrected chi connectivity index (χ4v) is 7.05. The molecule has 10 heteroatoms. The van der Waals surface area contributed by atoms with Gasteiger partial charge in [-0.25, -0.2) is 8.42 Å². The molecule has 0 heterocycles. The first-order valence-electron chi connectivity index (χ1n) is 13.7. The normalized spacial score (nSPS) is 14.7. The molecule has 7 nitrogen and oxygen atoms in total. The lowest BCUT2D eigenvalue weighted by atomic mass is 9.95. The van der Waals surface area contributed by atoms with Gasteiger partial charge in [-0.3, -0.25) is 13.9 Å². The second-order valence-corrected chi connectivity index (χ2v) is 13.1. The predicted octanol–water partition coefficient (Wildman–Crippen LogP) is 6.36. The minimum absolute atomic E-state index is 0.00682. The maximum atomic E-state index is 14.1. The number of benzene rings is 3. The summed E-state index contributed by atoms with van der Waals surface area (Å²) in [6.07, 6.45) is 5.07. The Morgan fingerprint density at radius 1 is 0.951 bits per heavy atom. The molecule has 0 spiro atoms. The van der Waals surface area contributed by atoms with Crippen molar-refractivity contribution in [3.05, 3.63) is 94.0 Å². The molecule has 1 N–H and O–H groups in total. The lowest BCUT2D eigenvalue weighted by molar-refractivity contribution is -0.139. The highest BCUT2D eigenvalue weighted by molar-refractivity contribution is 7.92.